The van der Waals surface area contributed by atoms with Gasteiger partial charge in [0.15, 0.2) is 0 Å². The highest BCUT2D eigenvalue weighted by atomic mass is 16.5. The van der Waals surface area contributed by atoms with Crippen molar-refractivity contribution < 1.29 is 14.6 Å². The van der Waals surface area contributed by atoms with E-state index in [4.69, 9.17) is 9.47 Å². The van der Waals surface area contributed by atoms with Crippen molar-refractivity contribution in [2.45, 2.75) is 13.0 Å². The average Bonchev–Trinajstić information content (AvgIpc) is 2.52. The van der Waals surface area contributed by atoms with Gasteiger partial charge in [0.25, 0.3) is 0 Å². The van der Waals surface area contributed by atoms with Gasteiger partial charge in [-0.15, -0.1) is 0 Å². The summed E-state index contributed by atoms with van der Waals surface area (Å²) in [5.41, 5.74) is 2.20. The largest absolute Gasteiger partial charge is 0.497 e. The summed E-state index contributed by atoms with van der Waals surface area (Å²) in [7, 11) is 1.61. The minimum absolute atomic E-state index is 0.228. The first-order valence-electron chi connectivity index (χ1n) is 6.93. The van der Waals surface area contributed by atoms with Crippen LogP contribution < -0.4 is 14.8 Å². The molecule has 112 valence electrons. The van der Waals surface area contributed by atoms with Crippen molar-refractivity contribution in [2.24, 2.45) is 0 Å². The molecule has 0 radical (unpaired) electrons. The van der Waals surface area contributed by atoms with E-state index in [-0.39, 0.29) is 6.61 Å². The highest BCUT2D eigenvalue weighted by molar-refractivity contribution is 5.44. The number of nitrogens with one attached hydrogen (secondary N) is 1. The number of aliphatic hydroxyl groups is 1. The molecular weight excluding hydrogens is 266 g/mol. The van der Waals surface area contributed by atoms with Gasteiger partial charge in [-0.2, -0.15) is 0 Å². The van der Waals surface area contributed by atoms with Crippen molar-refractivity contribution in [3.05, 3.63) is 54.1 Å². The van der Waals surface area contributed by atoms with E-state index in [1.54, 1.807) is 13.2 Å². The minimum Gasteiger partial charge on any atom is -0.497 e. The molecule has 1 atom stereocenters. The molecule has 0 aliphatic heterocycles. The maximum atomic E-state index is 9.93. The Morgan fingerprint density at radius 2 is 1.81 bits per heavy atom. The molecule has 2 aromatic carbocycles. The fraction of sp³-hybridized carbons (Fsp3) is 0.294. The zero-order valence-corrected chi connectivity index (χ0v) is 12.4. The van der Waals surface area contributed by atoms with Gasteiger partial charge in [-0.25, -0.2) is 0 Å². The Kier molecular flexibility index (Phi) is 5.46. The summed E-state index contributed by atoms with van der Waals surface area (Å²) in [5, 5.41) is 13.1. The molecule has 21 heavy (non-hydrogen) atoms. The first kappa shape index (κ1) is 15.2. The molecule has 0 aliphatic carbocycles. The number of rotatable bonds is 7. The molecule has 0 spiro atoms. The van der Waals surface area contributed by atoms with Crippen LogP contribution in [0.1, 0.15) is 5.56 Å². The smallest absolute Gasteiger partial charge is 0.123 e. The predicted molar refractivity (Wildman–Crippen MR) is 84.2 cm³/mol. The lowest BCUT2D eigenvalue weighted by molar-refractivity contribution is 0.117. The number of benzene rings is 2. The van der Waals surface area contributed by atoms with Crippen LogP contribution in [0.4, 0.5) is 5.69 Å². The molecule has 4 nitrogen and oxygen atoms in total. The van der Waals surface area contributed by atoms with Gasteiger partial charge in [0.1, 0.15) is 24.2 Å². The molecule has 0 aliphatic rings. The van der Waals surface area contributed by atoms with Crippen LogP contribution in [0.25, 0.3) is 0 Å². The van der Waals surface area contributed by atoms with Crippen molar-refractivity contribution in [3.63, 3.8) is 0 Å². The Bertz CT molecular complexity index is 554. The number of anilines is 1. The van der Waals surface area contributed by atoms with Crippen molar-refractivity contribution in [3.8, 4) is 11.5 Å². The highest BCUT2D eigenvalue weighted by Gasteiger charge is 2.06. The number of ether oxygens (including phenoxy) is 2. The van der Waals surface area contributed by atoms with E-state index < -0.39 is 6.10 Å². The van der Waals surface area contributed by atoms with Crippen LogP contribution in [0.5, 0.6) is 11.5 Å². The van der Waals surface area contributed by atoms with E-state index in [1.807, 2.05) is 49.4 Å². The molecule has 0 aromatic heterocycles. The van der Waals surface area contributed by atoms with Gasteiger partial charge in [0.05, 0.1) is 7.11 Å². The normalized spacial score (nSPS) is 11.8. The third kappa shape index (κ3) is 5.00. The molecule has 2 rings (SSSR count). The van der Waals surface area contributed by atoms with Crippen LogP contribution >= 0.6 is 0 Å². The van der Waals surface area contributed by atoms with E-state index in [0.717, 1.165) is 11.4 Å². The monoisotopic (exact) mass is 287 g/mol. The SMILES string of the molecule is COc1cccc(OCC(O)CNc2ccc(C)cc2)c1. The standard InChI is InChI=1S/C17H21NO3/c1-13-6-8-14(9-7-13)18-11-15(19)12-21-17-5-3-4-16(10-17)20-2/h3-10,15,18-19H,11-12H2,1-2H3. The second-order valence-electron chi connectivity index (χ2n) is 4.89. The van der Waals surface area contributed by atoms with Gasteiger partial charge in [-0.1, -0.05) is 23.8 Å². The third-order valence-electron chi connectivity index (χ3n) is 3.08. The van der Waals surface area contributed by atoms with Crippen LogP contribution in [-0.4, -0.2) is 31.5 Å². The summed E-state index contributed by atoms with van der Waals surface area (Å²) >= 11 is 0. The Morgan fingerprint density at radius 3 is 2.52 bits per heavy atom. The Balaban J connectivity index is 1.76. The highest BCUT2D eigenvalue weighted by Crippen LogP contribution is 2.19. The quantitative estimate of drug-likeness (QED) is 0.822. The van der Waals surface area contributed by atoms with Gasteiger partial charge < -0.3 is 19.9 Å². The summed E-state index contributed by atoms with van der Waals surface area (Å²) < 4.78 is 10.7. The number of hydrogen-bond acceptors (Lipinski definition) is 4. The second-order valence-corrected chi connectivity index (χ2v) is 4.89. The second kappa shape index (κ2) is 7.55. The number of aliphatic hydroxyl groups excluding tert-OH is 1. The van der Waals surface area contributed by atoms with Crippen molar-refractivity contribution in [1.82, 2.24) is 0 Å². The first-order chi connectivity index (χ1) is 10.2. The molecule has 0 fully saturated rings. The van der Waals surface area contributed by atoms with Gasteiger partial charge in [0.2, 0.25) is 0 Å². The molecule has 1 unspecified atom stereocenters. The topological polar surface area (TPSA) is 50.7 Å². The molecule has 0 amide bonds. The van der Waals surface area contributed by atoms with E-state index in [2.05, 4.69) is 5.32 Å². The van der Waals surface area contributed by atoms with Gasteiger partial charge in [-0.05, 0) is 31.2 Å². The molecule has 0 bridgehead atoms. The Hall–Kier alpha value is -2.20. The number of hydrogen-bond donors (Lipinski definition) is 2. The van der Waals surface area contributed by atoms with Gasteiger partial charge in [0, 0.05) is 18.3 Å². The molecule has 0 saturated carbocycles. The first-order valence-corrected chi connectivity index (χ1v) is 6.93. The lowest BCUT2D eigenvalue weighted by Crippen LogP contribution is -2.26. The van der Waals surface area contributed by atoms with Crippen LogP contribution in [0.2, 0.25) is 0 Å². The summed E-state index contributed by atoms with van der Waals surface area (Å²) in [4.78, 5) is 0. The van der Waals surface area contributed by atoms with E-state index >= 15 is 0 Å². The van der Waals surface area contributed by atoms with Crippen LogP contribution in [-0.2, 0) is 0 Å². The zero-order valence-electron chi connectivity index (χ0n) is 12.4. The average molecular weight is 287 g/mol. The van der Waals surface area contributed by atoms with Gasteiger partial charge >= 0.3 is 0 Å². The predicted octanol–water partition coefficient (Wildman–Crippen LogP) is 2.86. The molecule has 2 N–H and O–H groups in total. The van der Waals surface area contributed by atoms with Crippen LogP contribution in [0.15, 0.2) is 48.5 Å². The van der Waals surface area contributed by atoms with Crippen molar-refractivity contribution in [1.29, 1.82) is 0 Å². The van der Waals surface area contributed by atoms with Crippen LogP contribution in [0.3, 0.4) is 0 Å². The summed E-state index contributed by atoms with van der Waals surface area (Å²) in [6.07, 6.45) is -0.586. The Labute approximate surface area is 125 Å². The molecule has 0 saturated heterocycles. The molecule has 0 heterocycles. The van der Waals surface area contributed by atoms with E-state index in [0.29, 0.717) is 12.3 Å². The third-order valence-corrected chi connectivity index (χ3v) is 3.08. The molecule has 2 aromatic rings. The number of aryl methyl sites for hydroxylation is 1. The lowest BCUT2D eigenvalue weighted by atomic mass is 10.2. The summed E-state index contributed by atoms with van der Waals surface area (Å²) in [6, 6.07) is 15.4. The van der Waals surface area contributed by atoms with E-state index in [9.17, 15) is 5.11 Å². The van der Waals surface area contributed by atoms with Crippen molar-refractivity contribution in [2.75, 3.05) is 25.6 Å². The van der Waals surface area contributed by atoms with Crippen LogP contribution in [0, 0.1) is 6.92 Å². The maximum Gasteiger partial charge on any atom is 0.123 e. The fourth-order valence-corrected chi connectivity index (χ4v) is 1.85. The maximum absolute atomic E-state index is 9.93. The molecule has 4 heteroatoms. The van der Waals surface area contributed by atoms with Gasteiger partial charge in [-0.3, -0.25) is 0 Å². The Morgan fingerprint density at radius 1 is 1.10 bits per heavy atom. The fourth-order valence-electron chi connectivity index (χ4n) is 1.85. The number of methoxy groups -OCH3 is 1. The van der Waals surface area contributed by atoms with E-state index in [1.165, 1.54) is 5.56 Å². The zero-order chi connectivity index (χ0) is 15.1. The lowest BCUT2D eigenvalue weighted by Gasteiger charge is -2.14. The summed E-state index contributed by atoms with van der Waals surface area (Å²) in [6.45, 7) is 2.71. The summed E-state index contributed by atoms with van der Waals surface area (Å²) in [5.74, 6) is 1.42. The van der Waals surface area contributed by atoms with Crippen molar-refractivity contribution >= 4 is 5.69 Å². The minimum atomic E-state index is -0.586. The molecular formula is C17H21NO3.